The Hall–Kier alpha value is -2.50. The molecule has 0 aliphatic heterocycles. The van der Waals surface area contributed by atoms with E-state index in [1.165, 1.54) is 24.3 Å². The maximum absolute atomic E-state index is 12.0. The fourth-order valence-corrected chi connectivity index (χ4v) is 1.74. The third-order valence-corrected chi connectivity index (χ3v) is 2.84. The highest BCUT2D eigenvalue weighted by molar-refractivity contribution is 5.82. The summed E-state index contributed by atoms with van der Waals surface area (Å²) in [5, 5.41) is 0. The maximum atomic E-state index is 12.0. The number of halogens is 3. The molecule has 2 rings (SSSR count). The van der Waals surface area contributed by atoms with Crippen LogP contribution in [0.3, 0.4) is 0 Å². The monoisotopic (exact) mass is 308 g/mol. The van der Waals surface area contributed by atoms with Crippen molar-refractivity contribution < 1.29 is 17.9 Å². The fraction of sp³-hybridized carbons (Fsp3) is 0.188. The summed E-state index contributed by atoms with van der Waals surface area (Å²) in [6.45, 7) is 0. The second-order valence-corrected chi connectivity index (χ2v) is 4.79. The predicted molar refractivity (Wildman–Crippen MR) is 81.1 cm³/mol. The standard InChI is InChI=1S/C16H15F3N2O/c1-21(2)14-7-3-12(4-8-14)11-20-13-5-9-15(10-6-13)22-16(17,18)19/h3-11H,1-2H3. The molecule has 0 aromatic heterocycles. The van der Waals surface area contributed by atoms with Crippen LogP contribution in [0.15, 0.2) is 53.5 Å². The van der Waals surface area contributed by atoms with E-state index in [2.05, 4.69) is 9.73 Å². The number of nitrogens with zero attached hydrogens (tertiary/aromatic N) is 2. The lowest BCUT2D eigenvalue weighted by atomic mass is 10.2. The Morgan fingerprint density at radius 2 is 1.55 bits per heavy atom. The van der Waals surface area contributed by atoms with Crippen LogP contribution in [0.1, 0.15) is 5.56 Å². The van der Waals surface area contributed by atoms with Crippen molar-refractivity contribution in [1.82, 2.24) is 0 Å². The molecule has 116 valence electrons. The van der Waals surface area contributed by atoms with Crippen molar-refractivity contribution in [3.63, 3.8) is 0 Å². The van der Waals surface area contributed by atoms with Crippen molar-refractivity contribution in [3.8, 4) is 5.75 Å². The summed E-state index contributed by atoms with van der Waals surface area (Å²) in [7, 11) is 3.90. The van der Waals surface area contributed by atoms with Crippen LogP contribution in [0.4, 0.5) is 24.5 Å². The quantitative estimate of drug-likeness (QED) is 0.782. The number of rotatable bonds is 4. The average molecular weight is 308 g/mol. The van der Waals surface area contributed by atoms with E-state index in [9.17, 15) is 13.2 Å². The van der Waals surface area contributed by atoms with Gasteiger partial charge in [0.15, 0.2) is 0 Å². The molecular weight excluding hydrogens is 293 g/mol. The summed E-state index contributed by atoms with van der Waals surface area (Å²) >= 11 is 0. The van der Waals surface area contributed by atoms with Crippen molar-refractivity contribution in [2.24, 2.45) is 4.99 Å². The number of benzene rings is 2. The molecule has 0 fully saturated rings. The summed E-state index contributed by atoms with van der Waals surface area (Å²) in [5.41, 5.74) is 2.53. The molecule has 0 N–H and O–H groups in total. The van der Waals surface area contributed by atoms with Gasteiger partial charge in [0.25, 0.3) is 0 Å². The molecule has 0 saturated carbocycles. The smallest absolute Gasteiger partial charge is 0.406 e. The zero-order valence-corrected chi connectivity index (χ0v) is 12.1. The minimum absolute atomic E-state index is 0.262. The minimum atomic E-state index is -4.68. The van der Waals surface area contributed by atoms with E-state index >= 15 is 0 Å². The molecule has 0 unspecified atom stereocenters. The lowest BCUT2D eigenvalue weighted by Crippen LogP contribution is -2.16. The zero-order valence-electron chi connectivity index (χ0n) is 12.1. The predicted octanol–water partition coefficient (Wildman–Crippen LogP) is 4.40. The highest BCUT2D eigenvalue weighted by Crippen LogP contribution is 2.24. The Kier molecular flexibility index (Phi) is 4.70. The second kappa shape index (κ2) is 6.51. The first-order valence-corrected chi connectivity index (χ1v) is 6.51. The summed E-state index contributed by atoms with van der Waals surface area (Å²) in [6.07, 6.45) is -3.03. The van der Waals surface area contributed by atoms with Crippen LogP contribution in [0.25, 0.3) is 0 Å². The minimum Gasteiger partial charge on any atom is -0.406 e. The van der Waals surface area contributed by atoms with Crippen LogP contribution < -0.4 is 9.64 Å². The first-order valence-electron chi connectivity index (χ1n) is 6.51. The van der Waals surface area contributed by atoms with Crippen LogP contribution in [0, 0.1) is 0 Å². The van der Waals surface area contributed by atoms with Gasteiger partial charge in [-0.1, -0.05) is 12.1 Å². The van der Waals surface area contributed by atoms with Gasteiger partial charge >= 0.3 is 6.36 Å². The van der Waals surface area contributed by atoms with Gasteiger partial charge in [0.2, 0.25) is 0 Å². The Morgan fingerprint density at radius 1 is 0.955 bits per heavy atom. The molecule has 3 nitrogen and oxygen atoms in total. The lowest BCUT2D eigenvalue weighted by molar-refractivity contribution is -0.274. The largest absolute Gasteiger partial charge is 0.573 e. The van der Waals surface area contributed by atoms with Crippen molar-refractivity contribution in [2.75, 3.05) is 19.0 Å². The van der Waals surface area contributed by atoms with Crippen molar-refractivity contribution in [3.05, 3.63) is 54.1 Å². The molecule has 0 bridgehead atoms. The SMILES string of the molecule is CN(C)c1ccc(C=Nc2ccc(OC(F)(F)F)cc2)cc1. The van der Waals surface area contributed by atoms with Crippen molar-refractivity contribution in [1.29, 1.82) is 0 Å². The van der Waals surface area contributed by atoms with Gasteiger partial charge in [0.1, 0.15) is 5.75 Å². The number of aliphatic imine (C=N–C) groups is 1. The molecule has 2 aromatic carbocycles. The van der Waals surface area contributed by atoms with E-state index in [4.69, 9.17) is 0 Å². The van der Waals surface area contributed by atoms with E-state index in [0.29, 0.717) is 5.69 Å². The van der Waals surface area contributed by atoms with Gasteiger partial charge in [-0.3, -0.25) is 4.99 Å². The Labute approximate surface area is 126 Å². The number of alkyl halides is 3. The Morgan fingerprint density at radius 3 is 2.05 bits per heavy atom. The Bertz CT molecular complexity index is 632. The van der Waals surface area contributed by atoms with Gasteiger partial charge in [0, 0.05) is 26.0 Å². The maximum Gasteiger partial charge on any atom is 0.573 e. The molecule has 6 heteroatoms. The highest BCUT2D eigenvalue weighted by Gasteiger charge is 2.30. The van der Waals surface area contributed by atoms with Crippen LogP contribution in [0.2, 0.25) is 0 Å². The number of hydrogen-bond donors (Lipinski definition) is 0. The van der Waals surface area contributed by atoms with Gasteiger partial charge in [-0.2, -0.15) is 0 Å². The molecule has 0 amide bonds. The number of anilines is 1. The Balaban J connectivity index is 2.03. The van der Waals surface area contributed by atoms with Crippen LogP contribution >= 0.6 is 0 Å². The van der Waals surface area contributed by atoms with Crippen LogP contribution in [0.5, 0.6) is 5.75 Å². The molecule has 0 atom stereocenters. The molecular formula is C16H15F3N2O. The third-order valence-electron chi connectivity index (χ3n) is 2.84. The molecule has 0 radical (unpaired) electrons. The molecule has 0 saturated heterocycles. The molecule has 0 aliphatic carbocycles. The van der Waals surface area contributed by atoms with E-state index in [1.807, 2.05) is 43.3 Å². The molecule has 0 aliphatic rings. The van der Waals surface area contributed by atoms with Gasteiger partial charge in [-0.25, -0.2) is 0 Å². The van der Waals surface area contributed by atoms with E-state index in [-0.39, 0.29) is 5.75 Å². The fourth-order valence-electron chi connectivity index (χ4n) is 1.74. The van der Waals surface area contributed by atoms with Gasteiger partial charge < -0.3 is 9.64 Å². The van der Waals surface area contributed by atoms with Crippen molar-refractivity contribution >= 4 is 17.6 Å². The highest BCUT2D eigenvalue weighted by atomic mass is 19.4. The molecule has 0 spiro atoms. The van der Waals surface area contributed by atoms with Gasteiger partial charge in [0.05, 0.1) is 5.69 Å². The zero-order chi connectivity index (χ0) is 16.2. The number of hydrogen-bond acceptors (Lipinski definition) is 3. The van der Waals surface area contributed by atoms with Crippen LogP contribution in [-0.2, 0) is 0 Å². The second-order valence-electron chi connectivity index (χ2n) is 4.79. The van der Waals surface area contributed by atoms with Crippen LogP contribution in [-0.4, -0.2) is 26.7 Å². The van der Waals surface area contributed by atoms with E-state index < -0.39 is 6.36 Å². The first kappa shape index (κ1) is 15.9. The summed E-state index contributed by atoms with van der Waals surface area (Å²) < 4.78 is 39.9. The lowest BCUT2D eigenvalue weighted by Gasteiger charge is -2.11. The molecule has 0 heterocycles. The summed E-state index contributed by atoms with van der Waals surface area (Å²) in [6, 6.07) is 13.1. The summed E-state index contributed by atoms with van der Waals surface area (Å²) in [4.78, 5) is 6.20. The number of ether oxygens (including phenoxy) is 1. The normalized spacial score (nSPS) is 11.7. The van der Waals surface area contributed by atoms with E-state index in [0.717, 1.165) is 11.3 Å². The topological polar surface area (TPSA) is 24.8 Å². The molecule has 22 heavy (non-hydrogen) atoms. The first-order chi connectivity index (χ1) is 10.3. The third kappa shape index (κ3) is 4.80. The van der Waals surface area contributed by atoms with E-state index in [1.54, 1.807) is 6.21 Å². The summed E-state index contributed by atoms with van der Waals surface area (Å²) in [5.74, 6) is -0.262. The molecule has 2 aromatic rings. The van der Waals surface area contributed by atoms with Gasteiger partial charge in [-0.05, 0) is 42.0 Å². The van der Waals surface area contributed by atoms with Gasteiger partial charge in [-0.15, -0.1) is 13.2 Å². The van der Waals surface area contributed by atoms with Crippen molar-refractivity contribution in [2.45, 2.75) is 6.36 Å². The average Bonchev–Trinajstić information content (AvgIpc) is 2.45.